The van der Waals surface area contributed by atoms with E-state index < -0.39 is 0 Å². The van der Waals surface area contributed by atoms with E-state index in [1.807, 2.05) is 6.07 Å². The van der Waals surface area contributed by atoms with Crippen molar-refractivity contribution in [2.75, 3.05) is 5.32 Å². The topological polar surface area (TPSA) is 76.7 Å². The van der Waals surface area contributed by atoms with E-state index in [0.29, 0.717) is 16.4 Å². The van der Waals surface area contributed by atoms with Gasteiger partial charge in [0.2, 0.25) is 0 Å². The smallest absolute Gasteiger partial charge is 0.140 e. The van der Waals surface area contributed by atoms with E-state index in [-0.39, 0.29) is 0 Å². The van der Waals surface area contributed by atoms with Gasteiger partial charge in [0.15, 0.2) is 0 Å². The maximum atomic E-state index is 5.59. The SMILES string of the molecule is NC(=S)c1cccnc1Nc1cncnc1. The molecule has 0 saturated carbocycles. The van der Waals surface area contributed by atoms with Crippen molar-refractivity contribution in [2.24, 2.45) is 5.73 Å². The molecule has 5 nitrogen and oxygen atoms in total. The molecule has 0 aromatic carbocycles. The maximum absolute atomic E-state index is 5.59. The van der Waals surface area contributed by atoms with Crippen molar-refractivity contribution in [3.8, 4) is 0 Å². The molecular weight excluding hydrogens is 222 g/mol. The summed E-state index contributed by atoms with van der Waals surface area (Å²) in [6, 6.07) is 3.59. The third-order valence-electron chi connectivity index (χ3n) is 1.90. The Labute approximate surface area is 97.8 Å². The third-order valence-corrected chi connectivity index (χ3v) is 2.12. The summed E-state index contributed by atoms with van der Waals surface area (Å²) >= 11 is 4.93. The van der Waals surface area contributed by atoms with Crippen molar-refractivity contribution in [2.45, 2.75) is 0 Å². The van der Waals surface area contributed by atoms with Crippen LogP contribution < -0.4 is 11.1 Å². The minimum Gasteiger partial charge on any atom is -0.389 e. The fraction of sp³-hybridized carbons (Fsp3) is 0. The van der Waals surface area contributed by atoms with Crippen LogP contribution in [0.5, 0.6) is 0 Å². The minimum atomic E-state index is 0.299. The third kappa shape index (κ3) is 2.29. The molecule has 2 rings (SSSR count). The molecule has 2 heterocycles. The van der Waals surface area contributed by atoms with Gasteiger partial charge < -0.3 is 11.1 Å². The van der Waals surface area contributed by atoms with Crippen molar-refractivity contribution < 1.29 is 0 Å². The van der Waals surface area contributed by atoms with Crippen LogP contribution in [-0.4, -0.2) is 19.9 Å². The summed E-state index contributed by atoms with van der Waals surface area (Å²) < 4.78 is 0. The van der Waals surface area contributed by atoms with Crippen LogP contribution in [-0.2, 0) is 0 Å². The van der Waals surface area contributed by atoms with Gasteiger partial charge in [-0.15, -0.1) is 0 Å². The first kappa shape index (κ1) is 10.4. The lowest BCUT2D eigenvalue weighted by Crippen LogP contribution is -2.12. The number of aromatic nitrogens is 3. The highest BCUT2D eigenvalue weighted by Gasteiger charge is 2.05. The molecule has 0 bridgehead atoms. The van der Waals surface area contributed by atoms with E-state index in [9.17, 15) is 0 Å². The average molecular weight is 231 g/mol. The summed E-state index contributed by atoms with van der Waals surface area (Å²) in [5, 5.41) is 3.05. The normalized spacial score (nSPS) is 9.75. The van der Waals surface area contributed by atoms with Crippen LogP contribution in [0.25, 0.3) is 0 Å². The molecule has 80 valence electrons. The van der Waals surface area contributed by atoms with E-state index in [2.05, 4.69) is 20.3 Å². The predicted octanol–water partition coefficient (Wildman–Crippen LogP) is 1.25. The molecule has 0 aliphatic heterocycles. The van der Waals surface area contributed by atoms with E-state index in [1.54, 1.807) is 24.7 Å². The zero-order valence-electron chi connectivity index (χ0n) is 8.29. The van der Waals surface area contributed by atoms with Crippen LogP contribution in [0.3, 0.4) is 0 Å². The summed E-state index contributed by atoms with van der Waals surface area (Å²) in [6.07, 6.45) is 6.40. The molecule has 0 atom stereocenters. The van der Waals surface area contributed by atoms with Gasteiger partial charge in [0.05, 0.1) is 23.6 Å². The van der Waals surface area contributed by atoms with Gasteiger partial charge in [0.25, 0.3) is 0 Å². The van der Waals surface area contributed by atoms with Crippen LogP contribution in [0, 0.1) is 0 Å². The van der Waals surface area contributed by atoms with E-state index in [1.165, 1.54) is 6.33 Å². The highest BCUT2D eigenvalue weighted by molar-refractivity contribution is 7.80. The van der Waals surface area contributed by atoms with E-state index in [4.69, 9.17) is 18.0 Å². The van der Waals surface area contributed by atoms with Crippen molar-refractivity contribution in [1.29, 1.82) is 0 Å². The molecule has 0 saturated heterocycles. The second-order valence-electron chi connectivity index (χ2n) is 3.02. The van der Waals surface area contributed by atoms with Crippen molar-refractivity contribution in [3.63, 3.8) is 0 Å². The molecule has 16 heavy (non-hydrogen) atoms. The quantitative estimate of drug-likeness (QED) is 0.774. The molecule has 2 aromatic heterocycles. The maximum Gasteiger partial charge on any atom is 0.140 e. The molecule has 0 unspecified atom stereocenters. The van der Waals surface area contributed by atoms with Gasteiger partial charge in [-0.25, -0.2) is 15.0 Å². The van der Waals surface area contributed by atoms with Gasteiger partial charge in [-0.05, 0) is 12.1 Å². The number of anilines is 2. The van der Waals surface area contributed by atoms with E-state index in [0.717, 1.165) is 5.69 Å². The summed E-state index contributed by atoms with van der Waals surface area (Å²) in [7, 11) is 0. The zero-order chi connectivity index (χ0) is 11.4. The predicted molar refractivity (Wildman–Crippen MR) is 65.4 cm³/mol. The Bertz CT molecular complexity index is 500. The van der Waals surface area contributed by atoms with E-state index >= 15 is 0 Å². The molecule has 0 radical (unpaired) electrons. The fourth-order valence-electron chi connectivity index (χ4n) is 1.20. The lowest BCUT2D eigenvalue weighted by molar-refractivity contribution is 1.16. The molecule has 6 heteroatoms. The van der Waals surface area contributed by atoms with Gasteiger partial charge in [0, 0.05) is 6.20 Å². The molecular formula is C10H9N5S. The summed E-state index contributed by atoms with van der Waals surface area (Å²) in [4.78, 5) is 12.2. The van der Waals surface area contributed by atoms with Crippen LogP contribution >= 0.6 is 12.2 Å². The standard InChI is InChI=1S/C10H9N5S/c11-9(16)8-2-1-3-14-10(8)15-7-4-12-6-13-5-7/h1-6H,(H2,11,16)(H,14,15). The Kier molecular flexibility index (Phi) is 3.02. The summed E-state index contributed by atoms with van der Waals surface area (Å²) in [5.41, 5.74) is 7.02. The molecule has 0 fully saturated rings. The minimum absolute atomic E-state index is 0.299. The second-order valence-corrected chi connectivity index (χ2v) is 3.46. The number of nitrogens with two attached hydrogens (primary N) is 1. The number of rotatable bonds is 3. The lowest BCUT2D eigenvalue weighted by Gasteiger charge is -2.08. The number of hydrogen-bond acceptors (Lipinski definition) is 5. The zero-order valence-corrected chi connectivity index (χ0v) is 9.11. The van der Waals surface area contributed by atoms with Crippen molar-refractivity contribution in [1.82, 2.24) is 15.0 Å². The number of pyridine rings is 1. The molecule has 0 aliphatic carbocycles. The Balaban J connectivity index is 2.31. The molecule has 2 aromatic rings. The highest BCUT2D eigenvalue weighted by Crippen LogP contribution is 2.16. The van der Waals surface area contributed by atoms with Gasteiger partial charge in [-0.3, -0.25) is 0 Å². The van der Waals surface area contributed by atoms with Crippen LogP contribution in [0.15, 0.2) is 37.1 Å². The first-order chi connectivity index (χ1) is 7.77. The largest absolute Gasteiger partial charge is 0.389 e. The molecule has 0 aliphatic rings. The van der Waals surface area contributed by atoms with Crippen LogP contribution in [0.2, 0.25) is 0 Å². The number of thiocarbonyl (C=S) groups is 1. The van der Waals surface area contributed by atoms with Crippen LogP contribution in [0.1, 0.15) is 5.56 Å². The van der Waals surface area contributed by atoms with Crippen molar-refractivity contribution in [3.05, 3.63) is 42.6 Å². The van der Waals surface area contributed by atoms with Crippen LogP contribution in [0.4, 0.5) is 11.5 Å². The second kappa shape index (κ2) is 4.63. The van der Waals surface area contributed by atoms with Crippen molar-refractivity contribution >= 4 is 28.7 Å². The Hall–Kier alpha value is -2.08. The Morgan fingerprint density at radius 3 is 2.75 bits per heavy atom. The summed E-state index contributed by atoms with van der Waals surface area (Å²) in [6.45, 7) is 0. The fourth-order valence-corrected chi connectivity index (χ4v) is 1.37. The summed E-state index contributed by atoms with van der Waals surface area (Å²) in [5.74, 6) is 0.602. The average Bonchev–Trinajstić information content (AvgIpc) is 2.31. The van der Waals surface area contributed by atoms with Gasteiger partial charge in [-0.2, -0.15) is 0 Å². The Morgan fingerprint density at radius 1 is 1.31 bits per heavy atom. The highest BCUT2D eigenvalue weighted by atomic mass is 32.1. The molecule has 0 amide bonds. The Morgan fingerprint density at radius 2 is 2.06 bits per heavy atom. The van der Waals surface area contributed by atoms with Gasteiger partial charge >= 0.3 is 0 Å². The first-order valence-electron chi connectivity index (χ1n) is 4.54. The molecule has 0 spiro atoms. The van der Waals surface area contributed by atoms with Gasteiger partial charge in [-0.1, -0.05) is 12.2 Å². The molecule has 3 N–H and O–H groups in total. The number of nitrogens with one attached hydrogen (secondary N) is 1. The first-order valence-corrected chi connectivity index (χ1v) is 4.95. The lowest BCUT2D eigenvalue weighted by atomic mass is 10.2. The number of hydrogen-bond donors (Lipinski definition) is 2. The van der Waals surface area contributed by atoms with Gasteiger partial charge in [0.1, 0.15) is 17.1 Å². The number of nitrogens with zero attached hydrogens (tertiary/aromatic N) is 3. The monoisotopic (exact) mass is 231 g/mol.